The lowest BCUT2D eigenvalue weighted by Crippen LogP contribution is -2.57. The van der Waals surface area contributed by atoms with Crippen LogP contribution in [0.25, 0.3) is 0 Å². The maximum absolute atomic E-state index is 5.79. The average Bonchev–Trinajstić information content (AvgIpc) is 2.33. The molecule has 1 saturated heterocycles. The second-order valence-corrected chi connectivity index (χ2v) is 6.56. The van der Waals surface area contributed by atoms with E-state index in [0.29, 0.717) is 5.54 Å². The fraction of sp³-hybridized carbons (Fsp3) is 1.00. The highest BCUT2D eigenvalue weighted by atomic mass is 15.2. The van der Waals surface area contributed by atoms with Crippen LogP contribution in [0.2, 0.25) is 0 Å². The first-order valence-electron chi connectivity index (χ1n) is 7.63. The van der Waals surface area contributed by atoms with Crippen molar-refractivity contribution in [2.24, 2.45) is 11.7 Å². The van der Waals surface area contributed by atoms with Crippen molar-refractivity contribution in [1.29, 1.82) is 0 Å². The van der Waals surface area contributed by atoms with Crippen LogP contribution in [0.4, 0.5) is 0 Å². The van der Waals surface area contributed by atoms with Crippen molar-refractivity contribution in [1.82, 2.24) is 4.90 Å². The fourth-order valence-electron chi connectivity index (χ4n) is 4.13. The van der Waals surface area contributed by atoms with Crippen LogP contribution in [0.15, 0.2) is 0 Å². The molecule has 1 unspecified atom stereocenters. The van der Waals surface area contributed by atoms with Gasteiger partial charge in [0.1, 0.15) is 0 Å². The molecule has 100 valence electrons. The van der Waals surface area contributed by atoms with Gasteiger partial charge in [-0.05, 0) is 65.0 Å². The molecule has 2 aliphatic rings. The lowest BCUT2D eigenvalue weighted by Gasteiger charge is -2.52. The molecule has 0 radical (unpaired) electrons. The monoisotopic (exact) mass is 238 g/mol. The molecular weight excluding hydrogens is 208 g/mol. The molecule has 1 aliphatic heterocycles. The second-order valence-electron chi connectivity index (χ2n) is 6.56. The van der Waals surface area contributed by atoms with E-state index in [1.165, 1.54) is 57.9 Å². The van der Waals surface area contributed by atoms with Gasteiger partial charge >= 0.3 is 0 Å². The van der Waals surface area contributed by atoms with Gasteiger partial charge < -0.3 is 5.73 Å². The van der Waals surface area contributed by atoms with Gasteiger partial charge in [0.25, 0.3) is 0 Å². The fourth-order valence-corrected chi connectivity index (χ4v) is 4.13. The summed E-state index contributed by atoms with van der Waals surface area (Å²) in [4.78, 5) is 2.83. The normalized spacial score (nSPS) is 31.6. The largest absolute Gasteiger partial charge is 0.330 e. The number of rotatable bonds is 3. The van der Waals surface area contributed by atoms with Gasteiger partial charge in [0, 0.05) is 11.6 Å². The van der Waals surface area contributed by atoms with Gasteiger partial charge in [-0.2, -0.15) is 0 Å². The van der Waals surface area contributed by atoms with Crippen molar-refractivity contribution in [2.45, 2.75) is 76.8 Å². The maximum atomic E-state index is 5.79. The summed E-state index contributed by atoms with van der Waals surface area (Å²) >= 11 is 0. The Morgan fingerprint density at radius 1 is 1.06 bits per heavy atom. The smallest absolute Gasteiger partial charge is 0.0184 e. The number of nitrogens with two attached hydrogens (primary N) is 1. The summed E-state index contributed by atoms with van der Waals surface area (Å²) in [6, 6.07) is 0.860. The molecular formula is C15H30N2. The molecule has 1 atom stereocenters. The van der Waals surface area contributed by atoms with Gasteiger partial charge in [0.2, 0.25) is 0 Å². The molecule has 0 aromatic rings. The minimum atomic E-state index is 0.375. The first kappa shape index (κ1) is 13.4. The number of hydrogen-bond acceptors (Lipinski definition) is 2. The third kappa shape index (κ3) is 2.85. The van der Waals surface area contributed by atoms with E-state index in [1.54, 1.807) is 0 Å². The molecule has 0 aromatic carbocycles. The Bertz CT molecular complexity index is 229. The summed E-state index contributed by atoms with van der Waals surface area (Å²) in [6.07, 6.45) is 11.2. The molecule has 1 heterocycles. The Morgan fingerprint density at radius 2 is 1.76 bits per heavy atom. The van der Waals surface area contributed by atoms with E-state index in [0.717, 1.165) is 18.5 Å². The summed E-state index contributed by atoms with van der Waals surface area (Å²) in [6.45, 7) is 7.09. The summed E-state index contributed by atoms with van der Waals surface area (Å²) in [7, 11) is 0. The molecule has 1 saturated carbocycles. The first-order valence-corrected chi connectivity index (χ1v) is 7.63. The third-order valence-corrected chi connectivity index (χ3v) is 5.22. The van der Waals surface area contributed by atoms with Crippen LogP contribution in [0, 0.1) is 5.92 Å². The van der Waals surface area contributed by atoms with Crippen molar-refractivity contribution in [2.75, 3.05) is 13.1 Å². The minimum Gasteiger partial charge on any atom is -0.330 e. The van der Waals surface area contributed by atoms with Crippen LogP contribution in [0.3, 0.4) is 0 Å². The van der Waals surface area contributed by atoms with E-state index >= 15 is 0 Å². The third-order valence-electron chi connectivity index (χ3n) is 5.22. The number of nitrogens with zero attached hydrogens (tertiary/aromatic N) is 1. The number of hydrogen-bond donors (Lipinski definition) is 1. The molecule has 1 aliphatic carbocycles. The molecule has 17 heavy (non-hydrogen) atoms. The molecule has 0 aromatic heterocycles. The van der Waals surface area contributed by atoms with Crippen LogP contribution >= 0.6 is 0 Å². The van der Waals surface area contributed by atoms with Crippen LogP contribution in [0.1, 0.15) is 65.2 Å². The lowest BCUT2D eigenvalue weighted by atomic mass is 9.75. The summed E-state index contributed by atoms with van der Waals surface area (Å²) in [5.41, 5.74) is 6.16. The van der Waals surface area contributed by atoms with Crippen LogP contribution in [-0.2, 0) is 0 Å². The average molecular weight is 238 g/mol. The molecule has 2 heteroatoms. The van der Waals surface area contributed by atoms with Gasteiger partial charge in [-0.3, -0.25) is 4.90 Å². The Hall–Kier alpha value is -0.0800. The van der Waals surface area contributed by atoms with Crippen molar-refractivity contribution in [3.8, 4) is 0 Å². The molecule has 2 N–H and O–H groups in total. The minimum absolute atomic E-state index is 0.375. The van der Waals surface area contributed by atoms with Crippen molar-refractivity contribution < 1.29 is 0 Å². The van der Waals surface area contributed by atoms with E-state index in [1.807, 2.05) is 0 Å². The van der Waals surface area contributed by atoms with Gasteiger partial charge in [-0.15, -0.1) is 0 Å². The highest BCUT2D eigenvalue weighted by Crippen LogP contribution is 2.39. The summed E-state index contributed by atoms with van der Waals surface area (Å²) < 4.78 is 0. The van der Waals surface area contributed by atoms with Crippen molar-refractivity contribution in [3.05, 3.63) is 0 Å². The first-order chi connectivity index (χ1) is 8.16. The standard InChI is InChI=1S/C15H30N2/c1-15(2)13(10-11-16)7-6-12-17(15)14-8-4-3-5-9-14/h13-14H,3-12,16H2,1-2H3. The molecule has 0 amide bonds. The van der Waals surface area contributed by atoms with Crippen LogP contribution in [-0.4, -0.2) is 29.6 Å². The van der Waals surface area contributed by atoms with Gasteiger partial charge in [0.05, 0.1) is 0 Å². The predicted octanol–water partition coefficient (Wildman–Crippen LogP) is 3.16. The van der Waals surface area contributed by atoms with Gasteiger partial charge in [-0.1, -0.05) is 19.3 Å². The number of piperidine rings is 1. The quantitative estimate of drug-likeness (QED) is 0.818. The molecule has 0 bridgehead atoms. The zero-order chi connectivity index (χ0) is 12.3. The second kappa shape index (κ2) is 5.71. The summed E-state index contributed by atoms with van der Waals surface area (Å²) in [5.74, 6) is 0.808. The van der Waals surface area contributed by atoms with E-state index in [9.17, 15) is 0 Å². The highest BCUT2D eigenvalue weighted by molar-refractivity contribution is 4.96. The van der Waals surface area contributed by atoms with E-state index < -0.39 is 0 Å². The van der Waals surface area contributed by atoms with Crippen molar-refractivity contribution in [3.63, 3.8) is 0 Å². The van der Waals surface area contributed by atoms with Crippen LogP contribution < -0.4 is 5.73 Å². The number of likely N-dealkylation sites (tertiary alicyclic amines) is 1. The topological polar surface area (TPSA) is 29.3 Å². The van der Waals surface area contributed by atoms with E-state index in [2.05, 4.69) is 18.7 Å². The Kier molecular flexibility index (Phi) is 4.48. The zero-order valence-electron chi connectivity index (χ0n) is 11.8. The lowest BCUT2D eigenvalue weighted by molar-refractivity contribution is -0.0255. The zero-order valence-corrected chi connectivity index (χ0v) is 11.8. The molecule has 2 fully saturated rings. The predicted molar refractivity (Wildman–Crippen MR) is 74.1 cm³/mol. The van der Waals surface area contributed by atoms with Crippen molar-refractivity contribution >= 4 is 0 Å². The van der Waals surface area contributed by atoms with Crippen LogP contribution in [0.5, 0.6) is 0 Å². The Labute approximate surface area is 107 Å². The van der Waals surface area contributed by atoms with Gasteiger partial charge in [-0.25, -0.2) is 0 Å². The van der Waals surface area contributed by atoms with E-state index in [-0.39, 0.29) is 0 Å². The highest BCUT2D eigenvalue weighted by Gasteiger charge is 2.41. The van der Waals surface area contributed by atoms with E-state index in [4.69, 9.17) is 5.73 Å². The summed E-state index contributed by atoms with van der Waals surface area (Å²) in [5, 5.41) is 0. The Balaban J connectivity index is 2.04. The molecule has 2 nitrogen and oxygen atoms in total. The maximum Gasteiger partial charge on any atom is 0.0184 e. The Morgan fingerprint density at radius 3 is 2.41 bits per heavy atom. The SMILES string of the molecule is CC1(C)C(CCN)CCCN1C1CCCCC1. The van der Waals surface area contributed by atoms with Gasteiger partial charge in [0.15, 0.2) is 0 Å². The molecule has 2 rings (SSSR count). The molecule has 0 spiro atoms.